The van der Waals surface area contributed by atoms with Crippen molar-refractivity contribution in [3.63, 3.8) is 0 Å². The molecular formula is C32H50O10. The number of rotatable bonds is 21. The van der Waals surface area contributed by atoms with Crippen molar-refractivity contribution in [2.45, 2.75) is 78.5 Å². The summed E-state index contributed by atoms with van der Waals surface area (Å²) in [5.41, 5.74) is 4.08. The Morgan fingerprint density at radius 1 is 0.452 bits per heavy atom. The molecule has 2 aromatic rings. The zero-order valence-electron chi connectivity index (χ0n) is 26.4. The van der Waals surface area contributed by atoms with Crippen molar-refractivity contribution in [1.82, 2.24) is 0 Å². The maximum absolute atomic E-state index is 11.2. The van der Waals surface area contributed by atoms with Gasteiger partial charge in [-0.05, 0) is 63.1 Å². The number of ether oxygens (including phenoxy) is 8. The van der Waals surface area contributed by atoms with Gasteiger partial charge in [-0.25, -0.2) is 0 Å². The van der Waals surface area contributed by atoms with Crippen molar-refractivity contribution in [2.75, 3.05) is 54.9 Å². The van der Waals surface area contributed by atoms with E-state index in [0.717, 1.165) is 11.1 Å². The fraction of sp³-hybridized carbons (Fsp3) is 0.625. The first kappa shape index (κ1) is 35.9. The Hall–Kier alpha value is -2.28. The summed E-state index contributed by atoms with van der Waals surface area (Å²) >= 11 is 0. The van der Waals surface area contributed by atoms with E-state index < -0.39 is 0 Å². The number of phenols is 2. The summed E-state index contributed by atoms with van der Waals surface area (Å²) in [5, 5.41) is 22.3. The van der Waals surface area contributed by atoms with Crippen LogP contribution >= 0.6 is 0 Å². The summed E-state index contributed by atoms with van der Waals surface area (Å²) in [6.45, 7) is 10.1. The van der Waals surface area contributed by atoms with Crippen LogP contribution < -0.4 is 0 Å². The van der Waals surface area contributed by atoms with Gasteiger partial charge in [0.2, 0.25) is 0 Å². The zero-order valence-corrected chi connectivity index (χ0v) is 26.4. The van der Waals surface area contributed by atoms with E-state index in [1.54, 1.807) is 28.4 Å². The molecule has 42 heavy (non-hydrogen) atoms. The lowest BCUT2D eigenvalue weighted by atomic mass is 9.95. The third-order valence-electron chi connectivity index (χ3n) is 6.57. The normalized spacial score (nSPS) is 14.6. The standard InChI is InChI=1S/C32H50O10/c1-21(13-35-5)39-17-27-9-25(10-28(31(27)33)18-40-22(2)14-36-6)26-11-29(19-41-23(3)15-37-7)32(34)30(12-26)20-42-24(4)16-38-8/h9-12,21-24,33-34H,13-20H2,1-8H3. The number of methoxy groups -OCH3 is 4. The Balaban J connectivity index is 2.54. The van der Waals surface area contributed by atoms with E-state index in [-0.39, 0.29) is 62.3 Å². The van der Waals surface area contributed by atoms with E-state index in [9.17, 15) is 10.2 Å². The lowest BCUT2D eigenvalue weighted by Crippen LogP contribution is -2.16. The molecule has 2 N–H and O–H groups in total. The molecule has 0 aliphatic rings. The number of phenolic OH excluding ortho intramolecular Hbond substituents is 2. The molecular weight excluding hydrogens is 544 g/mol. The molecule has 0 aromatic heterocycles. The molecule has 238 valence electrons. The van der Waals surface area contributed by atoms with Crippen LogP contribution in [0.15, 0.2) is 24.3 Å². The molecule has 4 atom stereocenters. The highest BCUT2D eigenvalue weighted by molar-refractivity contribution is 5.70. The topological polar surface area (TPSA) is 114 Å². The minimum Gasteiger partial charge on any atom is -0.507 e. The molecule has 0 radical (unpaired) electrons. The van der Waals surface area contributed by atoms with E-state index in [1.807, 2.05) is 52.0 Å². The van der Waals surface area contributed by atoms with Crippen LogP contribution in [-0.4, -0.2) is 89.5 Å². The van der Waals surface area contributed by atoms with E-state index in [1.165, 1.54) is 0 Å². The molecule has 0 heterocycles. The molecule has 0 aliphatic carbocycles. The van der Waals surface area contributed by atoms with Crippen molar-refractivity contribution >= 4 is 0 Å². The molecule has 0 bridgehead atoms. The molecule has 0 spiro atoms. The number of benzene rings is 2. The number of aromatic hydroxyl groups is 2. The number of hydrogen-bond acceptors (Lipinski definition) is 10. The van der Waals surface area contributed by atoms with Gasteiger partial charge in [-0.3, -0.25) is 0 Å². The summed E-state index contributed by atoms with van der Waals surface area (Å²) in [6.07, 6.45) is -0.652. The minimum atomic E-state index is -0.163. The van der Waals surface area contributed by atoms with Crippen LogP contribution in [0.4, 0.5) is 0 Å². The summed E-state index contributed by atoms with van der Waals surface area (Å²) in [6, 6.07) is 7.55. The van der Waals surface area contributed by atoms with E-state index in [0.29, 0.717) is 48.7 Å². The van der Waals surface area contributed by atoms with Crippen LogP contribution in [0.25, 0.3) is 11.1 Å². The molecule has 0 fully saturated rings. The number of hydrogen-bond donors (Lipinski definition) is 2. The third-order valence-corrected chi connectivity index (χ3v) is 6.57. The molecule has 2 rings (SSSR count). The van der Waals surface area contributed by atoms with Crippen LogP contribution in [0.2, 0.25) is 0 Å². The molecule has 0 saturated heterocycles. The quantitative estimate of drug-likeness (QED) is 0.205. The van der Waals surface area contributed by atoms with Crippen LogP contribution in [0.5, 0.6) is 11.5 Å². The van der Waals surface area contributed by atoms with Gasteiger partial charge in [0, 0.05) is 50.7 Å². The van der Waals surface area contributed by atoms with E-state index >= 15 is 0 Å². The second-order valence-electron chi connectivity index (χ2n) is 10.6. The molecule has 10 nitrogen and oxygen atoms in total. The first-order chi connectivity index (χ1) is 20.1. The highest BCUT2D eigenvalue weighted by Crippen LogP contribution is 2.36. The second-order valence-corrected chi connectivity index (χ2v) is 10.6. The van der Waals surface area contributed by atoms with E-state index in [4.69, 9.17) is 37.9 Å². The molecule has 0 saturated carbocycles. The highest BCUT2D eigenvalue weighted by Gasteiger charge is 2.18. The summed E-state index contributed by atoms with van der Waals surface area (Å²) in [4.78, 5) is 0. The van der Waals surface area contributed by atoms with Crippen LogP contribution in [0.3, 0.4) is 0 Å². The summed E-state index contributed by atoms with van der Waals surface area (Å²) in [7, 11) is 6.48. The van der Waals surface area contributed by atoms with Gasteiger partial charge in [0.15, 0.2) is 0 Å². The molecule has 10 heteroatoms. The predicted molar refractivity (Wildman–Crippen MR) is 160 cm³/mol. The van der Waals surface area contributed by atoms with Gasteiger partial charge in [-0.1, -0.05) is 0 Å². The van der Waals surface area contributed by atoms with Gasteiger partial charge >= 0.3 is 0 Å². The van der Waals surface area contributed by atoms with Crippen LogP contribution in [0, 0.1) is 0 Å². The van der Waals surface area contributed by atoms with Gasteiger partial charge in [0.05, 0.1) is 77.3 Å². The van der Waals surface area contributed by atoms with Gasteiger partial charge in [-0.2, -0.15) is 0 Å². The lowest BCUT2D eigenvalue weighted by Gasteiger charge is -2.20. The van der Waals surface area contributed by atoms with Crippen molar-refractivity contribution in [3.8, 4) is 22.6 Å². The Labute approximate surface area is 250 Å². The Morgan fingerprint density at radius 3 is 0.857 bits per heavy atom. The van der Waals surface area contributed by atoms with E-state index in [2.05, 4.69) is 0 Å². The van der Waals surface area contributed by atoms with Gasteiger partial charge < -0.3 is 48.1 Å². The Kier molecular flexibility index (Phi) is 16.3. The lowest BCUT2D eigenvalue weighted by molar-refractivity contribution is -0.00347. The van der Waals surface area contributed by atoms with Crippen LogP contribution in [0.1, 0.15) is 49.9 Å². The van der Waals surface area contributed by atoms with Crippen molar-refractivity contribution in [3.05, 3.63) is 46.5 Å². The smallest absolute Gasteiger partial charge is 0.126 e. The van der Waals surface area contributed by atoms with Crippen molar-refractivity contribution in [1.29, 1.82) is 0 Å². The summed E-state index contributed by atoms with van der Waals surface area (Å²) in [5.74, 6) is 0.223. The largest absolute Gasteiger partial charge is 0.507 e. The second kappa shape index (κ2) is 19.1. The highest BCUT2D eigenvalue weighted by atomic mass is 16.5. The fourth-order valence-electron chi connectivity index (χ4n) is 4.35. The monoisotopic (exact) mass is 594 g/mol. The molecule has 0 aliphatic heterocycles. The first-order valence-electron chi connectivity index (χ1n) is 14.2. The van der Waals surface area contributed by atoms with Gasteiger partial charge in [0.1, 0.15) is 11.5 Å². The fourth-order valence-corrected chi connectivity index (χ4v) is 4.35. The Bertz CT molecular complexity index is 902. The van der Waals surface area contributed by atoms with Crippen LogP contribution in [-0.2, 0) is 64.3 Å². The average Bonchev–Trinajstić information content (AvgIpc) is 2.95. The third kappa shape index (κ3) is 11.8. The maximum atomic E-state index is 11.2. The average molecular weight is 595 g/mol. The van der Waals surface area contributed by atoms with Gasteiger partial charge in [-0.15, -0.1) is 0 Å². The predicted octanol–water partition coefficient (Wildman–Crippen LogP) is 4.97. The molecule has 4 unspecified atom stereocenters. The maximum Gasteiger partial charge on any atom is 0.126 e. The van der Waals surface area contributed by atoms with Crippen molar-refractivity contribution in [2.24, 2.45) is 0 Å². The molecule has 2 aromatic carbocycles. The van der Waals surface area contributed by atoms with Gasteiger partial charge in [0.25, 0.3) is 0 Å². The summed E-state index contributed by atoms with van der Waals surface area (Å²) < 4.78 is 44.6. The Morgan fingerprint density at radius 2 is 0.667 bits per heavy atom. The SMILES string of the molecule is COCC(C)OCc1cc(-c2cc(COC(C)COC)c(O)c(COC(C)COC)c2)cc(COC(C)COC)c1O. The first-order valence-corrected chi connectivity index (χ1v) is 14.2. The minimum absolute atomic E-state index is 0.112. The van der Waals surface area contributed by atoms with Crippen molar-refractivity contribution < 1.29 is 48.1 Å². The molecule has 0 amide bonds. The zero-order chi connectivity index (χ0) is 31.1.